The number of anilines is 1. The lowest BCUT2D eigenvalue weighted by Crippen LogP contribution is -2.45. The Kier molecular flexibility index (Phi) is 8.06. The Balaban J connectivity index is 1.80. The Bertz CT molecular complexity index is 1250. The number of benzene rings is 3. The highest BCUT2D eigenvalue weighted by Crippen LogP contribution is 2.33. The van der Waals surface area contributed by atoms with Gasteiger partial charge in [0.2, 0.25) is 5.91 Å². The maximum Gasteiger partial charge on any atom is 0.416 e. The number of hydrogen-bond donors (Lipinski definition) is 1. The van der Waals surface area contributed by atoms with Crippen LogP contribution in [0.3, 0.4) is 0 Å². The smallest absolute Gasteiger partial charge is 0.416 e. The number of alkyl halides is 3. The number of rotatable bonds is 9. The van der Waals surface area contributed by atoms with Crippen LogP contribution in [0, 0.1) is 6.92 Å². The quantitative estimate of drug-likeness (QED) is 0.453. The van der Waals surface area contributed by atoms with Crippen LogP contribution in [0.2, 0.25) is 0 Å². The third-order valence-electron chi connectivity index (χ3n) is 5.01. The highest BCUT2D eigenvalue weighted by Gasteiger charge is 2.33. The normalized spacial score (nSPS) is 12.6. The monoisotopic (exact) mass is 506 g/mol. The van der Waals surface area contributed by atoms with Crippen LogP contribution in [0.5, 0.6) is 5.75 Å². The molecule has 0 spiro atoms. The highest BCUT2D eigenvalue weighted by molar-refractivity contribution is 7.92. The van der Waals surface area contributed by atoms with E-state index in [1.807, 2.05) is 19.1 Å². The lowest BCUT2D eigenvalue weighted by molar-refractivity contribution is -0.137. The highest BCUT2D eigenvalue weighted by atomic mass is 32.2. The van der Waals surface area contributed by atoms with Gasteiger partial charge in [0.1, 0.15) is 18.9 Å². The molecule has 0 aliphatic rings. The van der Waals surface area contributed by atoms with Crippen molar-refractivity contribution in [1.29, 1.82) is 0 Å². The van der Waals surface area contributed by atoms with Crippen molar-refractivity contribution >= 4 is 21.6 Å². The van der Waals surface area contributed by atoms with E-state index in [4.69, 9.17) is 4.74 Å². The van der Waals surface area contributed by atoms with Crippen molar-refractivity contribution in [2.24, 2.45) is 0 Å². The summed E-state index contributed by atoms with van der Waals surface area (Å²) in [7, 11) is -4.33. The molecule has 0 bridgehead atoms. The van der Waals surface area contributed by atoms with E-state index in [0.717, 1.165) is 17.7 Å². The average Bonchev–Trinajstić information content (AvgIpc) is 2.82. The maximum atomic E-state index is 13.3. The van der Waals surface area contributed by atoms with Gasteiger partial charge in [-0.2, -0.15) is 13.2 Å². The third kappa shape index (κ3) is 6.98. The molecule has 1 unspecified atom stereocenters. The van der Waals surface area contributed by atoms with E-state index in [2.05, 4.69) is 5.32 Å². The number of sulfonamides is 1. The summed E-state index contributed by atoms with van der Waals surface area (Å²) in [5.74, 6) is -0.0872. The molecule has 0 aliphatic carbocycles. The van der Waals surface area contributed by atoms with Crippen molar-refractivity contribution in [3.63, 3.8) is 0 Å². The summed E-state index contributed by atoms with van der Waals surface area (Å²) in [6.07, 6.45) is -4.68. The summed E-state index contributed by atoms with van der Waals surface area (Å²) >= 11 is 0. The second-order valence-corrected chi connectivity index (χ2v) is 9.83. The fourth-order valence-corrected chi connectivity index (χ4v) is 4.65. The SMILES string of the molecule is Cc1ccc(OCC(C)NC(=O)CN(c2cccc(C(F)(F)F)c2)S(=O)(=O)c2ccccc2)cc1. The first kappa shape index (κ1) is 26.1. The standard InChI is InChI=1S/C25H25F3N2O4S/c1-18-11-13-22(14-12-18)34-17-19(2)29-24(31)16-30(35(32,33)23-9-4-3-5-10-23)21-8-6-7-20(15-21)25(26,27)28/h3-15,19H,16-17H2,1-2H3,(H,29,31). The molecule has 10 heteroatoms. The van der Waals surface area contributed by atoms with E-state index in [9.17, 15) is 26.4 Å². The molecule has 0 saturated heterocycles. The van der Waals surface area contributed by atoms with E-state index >= 15 is 0 Å². The van der Waals surface area contributed by atoms with Gasteiger partial charge in [0, 0.05) is 0 Å². The molecule has 0 aromatic heterocycles. The van der Waals surface area contributed by atoms with Gasteiger partial charge < -0.3 is 10.1 Å². The van der Waals surface area contributed by atoms with Crippen molar-refractivity contribution in [3.8, 4) is 5.75 Å². The van der Waals surface area contributed by atoms with Gasteiger partial charge in [-0.3, -0.25) is 9.10 Å². The molecule has 0 radical (unpaired) electrons. The van der Waals surface area contributed by atoms with Crippen molar-refractivity contribution in [1.82, 2.24) is 5.32 Å². The minimum Gasteiger partial charge on any atom is -0.491 e. The van der Waals surface area contributed by atoms with Crippen LogP contribution in [0.1, 0.15) is 18.1 Å². The summed E-state index contributed by atoms with van der Waals surface area (Å²) in [6.45, 7) is 3.01. The summed E-state index contributed by atoms with van der Waals surface area (Å²) in [6, 6.07) is 17.9. The molecule has 1 amide bonds. The Labute approximate surface area is 202 Å². The Morgan fingerprint density at radius 2 is 1.66 bits per heavy atom. The van der Waals surface area contributed by atoms with Gasteiger partial charge in [0.15, 0.2) is 0 Å². The Morgan fingerprint density at radius 1 is 1.00 bits per heavy atom. The minimum atomic E-state index is -4.68. The van der Waals surface area contributed by atoms with Crippen LogP contribution in [0.4, 0.5) is 18.9 Å². The molecule has 6 nitrogen and oxygen atoms in total. The van der Waals surface area contributed by atoms with E-state index < -0.39 is 40.3 Å². The summed E-state index contributed by atoms with van der Waals surface area (Å²) in [5.41, 5.74) is -0.237. The molecule has 3 rings (SSSR count). The second kappa shape index (κ2) is 10.8. The largest absolute Gasteiger partial charge is 0.491 e. The summed E-state index contributed by atoms with van der Waals surface area (Å²) < 4.78 is 72.7. The number of carbonyl (C=O) groups is 1. The van der Waals surface area contributed by atoms with Crippen LogP contribution in [0.15, 0.2) is 83.8 Å². The number of nitrogens with zero attached hydrogens (tertiary/aromatic N) is 1. The van der Waals surface area contributed by atoms with E-state index in [0.29, 0.717) is 16.1 Å². The van der Waals surface area contributed by atoms with E-state index in [-0.39, 0.29) is 17.2 Å². The van der Waals surface area contributed by atoms with Gasteiger partial charge in [-0.25, -0.2) is 8.42 Å². The van der Waals surface area contributed by atoms with E-state index in [1.54, 1.807) is 25.1 Å². The lowest BCUT2D eigenvalue weighted by atomic mass is 10.2. The Morgan fingerprint density at radius 3 is 2.29 bits per heavy atom. The second-order valence-electron chi connectivity index (χ2n) is 7.97. The van der Waals surface area contributed by atoms with Crippen LogP contribution < -0.4 is 14.4 Å². The van der Waals surface area contributed by atoms with Crippen molar-refractivity contribution in [2.75, 3.05) is 17.5 Å². The molecule has 0 saturated carbocycles. The fourth-order valence-electron chi connectivity index (χ4n) is 3.22. The van der Waals surface area contributed by atoms with Gasteiger partial charge in [-0.05, 0) is 56.3 Å². The first-order valence-electron chi connectivity index (χ1n) is 10.7. The molecular formula is C25H25F3N2O4S. The molecule has 1 atom stereocenters. The average molecular weight is 507 g/mol. The van der Waals surface area contributed by atoms with Crippen LogP contribution >= 0.6 is 0 Å². The number of amides is 1. The first-order chi connectivity index (χ1) is 16.5. The number of aryl methyl sites for hydroxylation is 1. The topological polar surface area (TPSA) is 75.7 Å². The molecule has 0 heterocycles. The molecule has 186 valence electrons. The summed E-state index contributed by atoms with van der Waals surface area (Å²) in [5, 5.41) is 2.64. The number of hydrogen-bond acceptors (Lipinski definition) is 4. The zero-order valence-electron chi connectivity index (χ0n) is 19.1. The minimum absolute atomic E-state index is 0.115. The van der Waals surface area contributed by atoms with Gasteiger partial charge in [-0.15, -0.1) is 0 Å². The molecule has 3 aromatic carbocycles. The number of carbonyl (C=O) groups excluding carboxylic acids is 1. The Hall–Kier alpha value is -3.53. The molecular weight excluding hydrogens is 481 g/mol. The van der Waals surface area contributed by atoms with Gasteiger partial charge >= 0.3 is 6.18 Å². The van der Waals surface area contributed by atoms with Crippen LogP contribution in [-0.4, -0.2) is 33.5 Å². The number of halogens is 3. The predicted octanol–water partition coefficient (Wildman–Crippen LogP) is 4.79. The van der Waals surface area contributed by atoms with Crippen LogP contribution in [0.25, 0.3) is 0 Å². The molecule has 1 N–H and O–H groups in total. The number of nitrogens with one attached hydrogen (secondary N) is 1. The molecule has 0 aliphatic heterocycles. The number of ether oxygens (including phenoxy) is 1. The van der Waals surface area contributed by atoms with Crippen molar-refractivity contribution in [3.05, 3.63) is 90.0 Å². The first-order valence-corrected chi connectivity index (χ1v) is 12.1. The van der Waals surface area contributed by atoms with E-state index in [1.165, 1.54) is 30.3 Å². The molecule has 3 aromatic rings. The van der Waals surface area contributed by atoms with Gasteiger partial charge in [0.05, 0.1) is 22.2 Å². The van der Waals surface area contributed by atoms with Crippen LogP contribution in [-0.2, 0) is 21.0 Å². The lowest BCUT2D eigenvalue weighted by Gasteiger charge is -2.25. The molecule has 0 fully saturated rings. The van der Waals surface area contributed by atoms with Crippen molar-refractivity contribution < 1.29 is 31.1 Å². The zero-order chi connectivity index (χ0) is 25.6. The maximum absolute atomic E-state index is 13.3. The fraction of sp³-hybridized carbons (Fsp3) is 0.240. The summed E-state index contributed by atoms with van der Waals surface area (Å²) in [4.78, 5) is 12.6. The van der Waals surface area contributed by atoms with Gasteiger partial charge in [-0.1, -0.05) is 42.0 Å². The zero-order valence-corrected chi connectivity index (χ0v) is 19.9. The van der Waals surface area contributed by atoms with Crippen molar-refractivity contribution in [2.45, 2.75) is 31.0 Å². The van der Waals surface area contributed by atoms with Gasteiger partial charge in [0.25, 0.3) is 10.0 Å². The third-order valence-corrected chi connectivity index (χ3v) is 6.80. The predicted molar refractivity (Wildman–Crippen MR) is 127 cm³/mol. The molecule has 35 heavy (non-hydrogen) atoms.